The lowest BCUT2D eigenvalue weighted by molar-refractivity contribution is 1.64. The van der Waals surface area contributed by atoms with Crippen molar-refractivity contribution in [2.75, 3.05) is 0 Å². The first-order chi connectivity index (χ1) is 21.3. The van der Waals surface area contributed by atoms with Gasteiger partial charge in [-0.3, -0.25) is 0 Å². The van der Waals surface area contributed by atoms with Gasteiger partial charge in [0, 0.05) is 25.7 Å². The summed E-state index contributed by atoms with van der Waals surface area (Å²) in [6, 6.07) is 57.9. The summed E-state index contributed by atoms with van der Waals surface area (Å²) in [4.78, 5) is 0. The van der Waals surface area contributed by atoms with Crippen LogP contribution in [0.2, 0.25) is 0 Å². The van der Waals surface area contributed by atoms with Crippen LogP contribution in [0, 0.1) is 0 Å². The Morgan fingerprint density at radius 2 is 0.884 bits per heavy atom. The van der Waals surface area contributed by atoms with Crippen molar-refractivity contribution in [1.82, 2.24) is 0 Å². The number of benzene rings is 8. The molecule has 0 aliphatic carbocycles. The van der Waals surface area contributed by atoms with Crippen molar-refractivity contribution >= 4 is 63.8 Å². The summed E-state index contributed by atoms with van der Waals surface area (Å²) < 4.78 is 2.68. The van der Waals surface area contributed by atoms with Crippen LogP contribution < -0.4 is 0 Å². The van der Waals surface area contributed by atoms with Crippen LogP contribution in [0.15, 0.2) is 158 Å². The zero-order chi connectivity index (χ0) is 28.3. The van der Waals surface area contributed by atoms with E-state index in [0.717, 1.165) is 0 Å². The highest BCUT2D eigenvalue weighted by Gasteiger charge is 2.20. The first-order valence-electron chi connectivity index (χ1n) is 14.8. The van der Waals surface area contributed by atoms with Gasteiger partial charge in [-0.25, -0.2) is 0 Å². The third-order valence-electron chi connectivity index (χ3n) is 8.86. The van der Waals surface area contributed by atoms with Gasteiger partial charge in [0.05, 0.1) is 0 Å². The summed E-state index contributed by atoms with van der Waals surface area (Å²) >= 11 is 1.90. The quantitative estimate of drug-likeness (QED) is 0.188. The molecule has 9 rings (SSSR count). The summed E-state index contributed by atoms with van der Waals surface area (Å²) in [5.41, 5.74) is 7.67. The van der Waals surface area contributed by atoms with Crippen LogP contribution in [0.3, 0.4) is 0 Å². The van der Waals surface area contributed by atoms with E-state index in [9.17, 15) is 0 Å². The second-order valence-corrected chi connectivity index (χ2v) is 12.3. The summed E-state index contributed by atoms with van der Waals surface area (Å²) in [5.74, 6) is 0. The normalized spacial score (nSPS) is 11.7. The number of hydrogen-bond acceptors (Lipinski definition) is 1. The van der Waals surface area contributed by atoms with Gasteiger partial charge in [-0.05, 0) is 72.3 Å². The molecule has 1 aromatic heterocycles. The fraction of sp³-hybridized carbons (Fsp3) is 0. The molecule has 0 amide bonds. The molecule has 0 aliphatic rings. The first-order valence-corrected chi connectivity index (χ1v) is 15.6. The highest BCUT2D eigenvalue weighted by molar-refractivity contribution is 7.26. The van der Waals surface area contributed by atoms with Crippen molar-refractivity contribution in [3.63, 3.8) is 0 Å². The molecule has 43 heavy (non-hydrogen) atoms. The number of hydrogen-bond donors (Lipinski definition) is 0. The molecule has 0 saturated carbocycles. The van der Waals surface area contributed by atoms with Gasteiger partial charge < -0.3 is 0 Å². The molecule has 1 heteroatoms. The van der Waals surface area contributed by atoms with Gasteiger partial charge in [-0.2, -0.15) is 0 Å². The average molecular weight is 563 g/mol. The van der Waals surface area contributed by atoms with Gasteiger partial charge in [0.25, 0.3) is 0 Å². The van der Waals surface area contributed by atoms with E-state index in [4.69, 9.17) is 0 Å². The fourth-order valence-corrected chi connectivity index (χ4v) is 8.18. The van der Waals surface area contributed by atoms with E-state index < -0.39 is 0 Å². The van der Waals surface area contributed by atoms with E-state index in [1.807, 2.05) is 11.3 Å². The van der Waals surface area contributed by atoms with Gasteiger partial charge in [-0.1, -0.05) is 146 Å². The molecule has 0 N–H and O–H groups in total. The molecule has 0 atom stereocenters. The van der Waals surface area contributed by atoms with E-state index in [1.165, 1.54) is 85.9 Å². The molecule has 200 valence electrons. The van der Waals surface area contributed by atoms with Crippen LogP contribution >= 0.6 is 11.3 Å². The smallest absolute Gasteiger partial charge is 0.0434 e. The highest BCUT2D eigenvalue weighted by Crippen LogP contribution is 2.48. The third kappa shape index (κ3) is 3.75. The maximum absolute atomic E-state index is 2.37. The maximum atomic E-state index is 2.37. The molecule has 8 aromatic carbocycles. The monoisotopic (exact) mass is 562 g/mol. The van der Waals surface area contributed by atoms with Gasteiger partial charge in [0.2, 0.25) is 0 Å². The molecule has 0 saturated heterocycles. The summed E-state index contributed by atoms with van der Waals surface area (Å²) in [6.45, 7) is 0. The molecular formula is C42H26S. The molecule has 0 bridgehead atoms. The molecule has 9 aromatic rings. The van der Waals surface area contributed by atoms with Gasteiger partial charge in [0.1, 0.15) is 0 Å². The van der Waals surface area contributed by atoms with Crippen molar-refractivity contribution in [2.45, 2.75) is 0 Å². The minimum atomic E-state index is 1.24. The zero-order valence-electron chi connectivity index (χ0n) is 23.4. The topological polar surface area (TPSA) is 0 Å². The second-order valence-electron chi connectivity index (χ2n) is 11.2. The Hall–Kier alpha value is -5.24. The number of rotatable bonds is 3. The molecule has 0 radical (unpaired) electrons. The van der Waals surface area contributed by atoms with Crippen molar-refractivity contribution in [2.24, 2.45) is 0 Å². The van der Waals surface area contributed by atoms with Gasteiger partial charge in [-0.15, -0.1) is 11.3 Å². The predicted molar refractivity (Wildman–Crippen MR) is 188 cm³/mol. The Balaban J connectivity index is 1.40. The predicted octanol–water partition coefficient (Wildman–Crippen LogP) is 12.5. The van der Waals surface area contributed by atoms with Crippen LogP contribution in [0.1, 0.15) is 0 Å². The Kier molecular flexibility index (Phi) is 5.47. The third-order valence-corrected chi connectivity index (χ3v) is 10.1. The van der Waals surface area contributed by atoms with Crippen molar-refractivity contribution in [3.05, 3.63) is 158 Å². The van der Waals surface area contributed by atoms with Crippen LogP contribution in [0.5, 0.6) is 0 Å². The van der Waals surface area contributed by atoms with Crippen LogP contribution in [0.4, 0.5) is 0 Å². The minimum Gasteiger partial charge on any atom is -0.135 e. The van der Waals surface area contributed by atoms with E-state index in [0.29, 0.717) is 0 Å². The number of fused-ring (bicyclic) bond motifs is 6. The van der Waals surface area contributed by atoms with Crippen molar-refractivity contribution in [1.29, 1.82) is 0 Å². The van der Waals surface area contributed by atoms with E-state index in [2.05, 4.69) is 158 Å². The largest absolute Gasteiger partial charge is 0.135 e. The Labute approximate surface area is 254 Å². The van der Waals surface area contributed by atoms with Crippen molar-refractivity contribution in [3.8, 4) is 33.4 Å². The average Bonchev–Trinajstić information content (AvgIpc) is 3.46. The van der Waals surface area contributed by atoms with E-state index in [1.54, 1.807) is 0 Å². The van der Waals surface area contributed by atoms with Crippen molar-refractivity contribution < 1.29 is 0 Å². The van der Waals surface area contributed by atoms with Crippen LogP contribution in [-0.4, -0.2) is 0 Å². The molecule has 0 unspecified atom stereocenters. The first kappa shape index (κ1) is 24.4. The fourth-order valence-electron chi connectivity index (χ4n) is 6.95. The molecule has 0 nitrogen and oxygen atoms in total. The SMILES string of the molecule is c1ccc(-c2ccc3cccc(-c4c5ccccc5c(-c5cccc6c5sc5ccccc56)c5ccccc45)c3c2)cc1. The van der Waals surface area contributed by atoms with E-state index in [-0.39, 0.29) is 0 Å². The molecular weight excluding hydrogens is 537 g/mol. The van der Waals surface area contributed by atoms with Gasteiger partial charge in [0.15, 0.2) is 0 Å². The standard InChI is InChI=1S/C42H26S/c1-2-12-27(13-3-1)29-25-24-28-14-10-20-35(38(28)26-29)40-31-16-4-6-18-33(31)41(34-19-7-5-17-32(34)40)37-22-11-21-36-30-15-8-9-23-39(30)43-42(36)37/h1-26H. The molecule has 0 spiro atoms. The van der Waals surface area contributed by atoms with Gasteiger partial charge >= 0.3 is 0 Å². The highest BCUT2D eigenvalue weighted by atomic mass is 32.1. The second kappa shape index (κ2) is 9.66. The number of thiophene rings is 1. The molecule has 1 heterocycles. The summed E-state index contributed by atoms with van der Waals surface area (Å²) in [5, 5.41) is 10.3. The minimum absolute atomic E-state index is 1.24. The maximum Gasteiger partial charge on any atom is 0.0434 e. The molecule has 0 fully saturated rings. The Morgan fingerprint density at radius 1 is 0.326 bits per heavy atom. The molecule has 0 aliphatic heterocycles. The summed E-state index contributed by atoms with van der Waals surface area (Å²) in [6.07, 6.45) is 0. The van der Waals surface area contributed by atoms with Crippen LogP contribution in [-0.2, 0) is 0 Å². The zero-order valence-corrected chi connectivity index (χ0v) is 24.2. The van der Waals surface area contributed by atoms with E-state index >= 15 is 0 Å². The Morgan fingerprint density at radius 3 is 1.60 bits per heavy atom. The lowest BCUT2D eigenvalue weighted by Gasteiger charge is -2.19. The lowest BCUT2D eigenvalue weighted by atomic mass is 9.84. The van der Waals surface area contributed by atoms with Crippen LogP contribution in [0.25, 0.3) is 85.9 Å². The summed E-state index contributed by atoms with van der Waals surface area (Å²) in [7, 11) is 0. The lowest BCUT2D eigenvalue weighted by Crippen LogP contribution is -1.92. The Bertz CT molecular complexity index is 2440.